The van der Waals surface area contributed by atoms with E-state index in [-0.39, 0.29) is 35.3 Å². The molecule has 1 saturated heterocycles. The minimum atomic E-state index is -3.53. The molecule has 0 N–H and O–H groups in total. The molecule has 1 fully saturated rings. The molecule has 2 aromatic carbocycles. The highest BCUT2D eigenvalue weighted by Gasteiger charge is 2.29. The Morgan fingerprint density at radius 2 is 1.62 bits per heavy atom. The summed E-state index contributed by atoms with van der Waals surface area (Å²) >= 11 is 1.43. The van der Waals surface area contributed by atoms with E-state index in [1.165, 1.54) is 28.2 Å². The van der Waals surface area contributed by atoms with Gasteiger partial charge < -0.3 is 4.90 Å². The molecule has 0 spiro atoms. The van der Waals surface area contributed by atoms with Crippen molar-refractivity contribution in [1.29, 1.82) is 0 Å². The Morgan fingerprint density at radius 3 is 2.21 bits per heavy atom. The maximum Gasteiger partial charge on any atom is 0.269 e. The van der Waals surface area contributed by atoms with E-state index in [4.69, 9.17) is 0 Å². The van der Waals surface area contributed by atoms with E-state index < -0.39 is 14.9 Å². The topological polar surface area (TPSA) is 101 Å². The summed E-state index contributed by atoms with van der Waals surface area (Å²) in [6, 6.07) is 14.6. The number of rotatable bonds is 7. The van der Waals surface area contributed by atoms with Gasteiger partial charge in [0.1, 0.15) is 0 Å². The average molecular weight is 436 g/mol. The molecule has 10 heteroatoms. The second-order valence-electron chi connectivity index (χ2n) is 6.51. The van der Waals surface area contributed by atoms with Crippen LogP contribution in [0.25, 0.3) is 0 Å². The highest BCUT2D eigenvalue weighted by Crippen LogP contribution is 2.19. The molecule has 0 radical (unpaired) electrons. The standard InChI is InChI=1S/C19H21N3O5S2/c23-19(15-28-14-16-6-8-17(9-7-16)22(24)25)20-10-12-21(13-11-20)29(26,27)18-4-2-1-3-5-18/h1-9H,10-15H2. The van der Waals surface area contributed by atoms with Crippen molar-refractivity contribution < 1.29 is 18.1 Å². The zero-order chi connectivity index (χ0) is 20.9. The summed E-state index contributed by atoms with van der Waals surface area (Å²) in [5.41, 5.74) is 0.949. The summed E-state index contributed by atoms with van der Waals surface area (Å²) < 4.78 is 26.7. The molecule has 8 nitrogen and oxygen atoms in total. The summed E-state index contributed by atoms with van der Waals surface area (Å²) in [5, 5.41) is 10.7. The normalized spacial score (nSPS) is 15.2. The molecule has 0 bridgehead atoms. The van der Waals surface area contributed by atoms with E-state index in [1.807, 2.05) is 0 Å². The lowest BCUT2D eigenvalue weighted by atomic mass is 10.2. The summed E-state index contributed by atoms with van der Waals surface area (Å²) in [5.74, 6) is 0.822. The van der Waals surface area contributed by atoms with Crippen LogP contribution in [-0.4, -0.2) is 60.4 Å². The first-order valence-corrected chi connectivity index (χ1v) is 11.6. The Morgan fingerprint density at radius 1 is 1.00 bits per heavy atom. The number of nitrogens with zero attached hydrogens (tertiary/aromatic N) is 3. The van der Waals surface area contributed by atoms with E-state index >= 15 is 0 Å². The van der Waals surface area contributed by atoms with Gasteiger partial charge in [0.15, 0.2) is 0 Å². The highest BCUT2D eigenvalue weighted by molar-refractivity contribution is 7.99. The maximum absolute atomic E-state index is 12.6. The summed E-state index contributed by atoms with van der Waals surface area (Å²) in [7, 11) is -3.53. The Labute approximate surface area is 173 Å². The maximum atomic E-state index is 12.6. The molecule has 154 valence electrons. The second kappa shape index (κ2) is 9.38. The first-order valence-electron chi connectivity index (χ1n) is 9.02. The van der Waals surface area contributed by atoms with Gasteiger partial charge in [0.05, 0.1) is 15.6 Å². The number of sulfonamides is 1. The van der Waals surface area contributed by atoms with Crippen LogP contribution in [0.5, 0.6) is 0 Å². The molecular formula is C19H21N3O5S2. The number of hydrogen-bond acceptors (Lipinski definition) is 6. The number of hydrogen-bond donors (Lipinski definition) is 0. The monoisotopic (exact) mass is 435 g/mol. The third-order valence-corrected chi connectivity index (χ3v) is 7.52. The van der Waals surface area contributed by atoms with Gasteiger partial charge in [0.2, 0.25) is 15.9 Å². The molecule has 0 atom stereocenters. The Hall–Kier alpha value is -2.43. The third-order valence-electron chi connectivity index (χ3n) is 4.61. The molecule has 1 aliphatic heterocycles. The van der Waals surface area contributed by atoms with Crippen LogP contribution in [0.15, 0.2) is 59.5 Å². The lowest BCUT2D eigenvalue weighted by Gasteiger charge is -2.34. The third kappa shape index (κ3) is 5.34. The molecule has 1 heterocycles. The number of non-ortho nitro benzene ring substituents is 1. The molecule has 1 amide bonds. The number of carbonyl (C=O) groups excluding carboxylic acids is 1. The Balaban J connectivity index is 1.46. The van der Waals surface area contributed by atoms with Crippen molar-refractivity contribution in [3.8, 4) is 0 Å². The van der Waals surface area contributed by atoms with Gasteiger partial charge in [-0.1, -0.05) is 30.3 Å². The summed E-state index contributed by atoms with van der Waals surface area (Å²) in [6.45, 7) is 1.28. The Bertz CT molecular complexity index is 957. The zero-order valence-electron chi connectivity index (χ0n) is 15.6. The molecule has 0 aliphatic carbocycles. The lowest BCUT2D eigenvalue weighted by molar-refractivity contribution is -0.384. The molecule has 3 rings (SSSR count). The molecular weight excluding hydrogens is 414 g/mol. The van der Waals surface area contributed by atoms with Crippen molar-refractivity contribution in [2.75, 3.05) is 31.9 Å². The molecule has 2 aromatic rings. The van der Waals surface area contributed by atoms with Gasteiger partial charge in [-0.2, -0.15) is 4.31 Å². The van der Waals surface area contributed by atoms with E-state index in [1.54, 1.807) is 47.4 Å². The van der Waals surface area contributed by atoms with Crippen LogP contribution in [0.2, 0.25) is 0 Å². The number of thioether (sulfide) groups is 1. The first-order chi connectivity index (χ1) is 13.9. The van der Waals surface area contributed by atoms with Crippen LogP contribution in [0, 0.1) is 10.1 Å². The number of carbonyl (C=O) groups is 1. The molecule has 0 aromatic heterocycles. The molecule has 1 aliphatic rings. The van der Waals surface area contributed by atoms with Gasteiger partial charge in [-0.3, -0.25) is 14.9 Å². The van der Waals surface area contributed by atoms with Gasteiger partial charge in [-0.25, -0.2) is 8.42 Å². The fourth-order valence-corrected chi connectivity index (χ4v) is 5.31. The fraction of sp³-hybridized carbons (Fsp3) is 0.316. The van der Waals surface area contributed by atoms with Crippen LogP contribution in [-0.2, 0) is 20.6 Å². The van der Waals surface area contributed by atoms with Gasteiger partial charge in [-0.05, 0) is 17.7 Å². The van der Waals surface area contributed by atoms with Crippen LogP contribution in [0.4, 0.5) is 5.69 Å². The number of amides is 1. The minimum absolute atomic E-state index is 0.0336. The van der Waals surface area contributed by atoms with Crippen molar-refractivity contribution in [3.63, 3.8) is 0 Å². The van der Waals surface area contributed by atoms with Crippen LogP contribution >= 0.6 is 11.8 Å². The van der Waals surface area contributed by atoms with Crippen molar-refractivity contribution >= 4 is 33.4 Å². The Kier molecular flexibility index (Phi) is 6.88. The van der Waals surface area contributed by atoms with Crippen molar-refractivity contribution in [1.82, 2.24) is 9.21 Å². The SMILES string of the molecule is O=C(CSCc1ccc([N+](=O)[O-])cc1)N1CCN(S(=O)(=O)c2ccccc2)CC1. The fourth-order valence-electron chi connectivity index (χ4n) is 2.98. The molecule has 0 saturated carbocycles. The number of piperazine rings is 1. The van der Waals surface area contributed by atoms with Gasteiger partial charge in [0, 0.05) is 44.1 Å². The number of benzene rings is 2. The van der Waals surface area contributed by atoms with E-state index in [9.17, 15) is 23.3 Å². The van der Waals surface area contributed by atoms with Crippen molar-refractivity contribution in [2.24, 2.45) is 0 Å². The minimum Gasteiger partial charge on any atom is -0.339 e. The predicted octanol–water partition coefficient (Wildman–Crippen LogP) is 2.36. The predicted molar refractivity (Wildman–Crippen MR) is 111 cm³/mol. The number of nitro groups is 1. The van der Waals surface area contributed by atoms with Gasteiger partial charge in [-0.15, -0.1) is 11.8 Å². The van der Waals surface area contributed by atoms with E-state index in [0.717, 1.165) is 5.56 Å². The average Bonchev–Trinajstić information content (AvgIpc) is 2.74. The highest BCUT2D eigenvalue weighted by atomic mass is 32.2. The number of nitro benzene ring substituents is 1. The van der Waals surface area contributed by atoms with E-state index in [2.05, 4.69) is 0 Å². The first kappa shape index (κ1) is 21.3. The van der Waals surface area contributed by atoms with Crippen LogP contribution < -0.4 is 0 Å². The van der Waals surface area contributed by atoms with Crippen molar-refractivity contribution in [2.45, 2.75) is 10.6 Å². The van der Waals surface area contributed by atoms with Crippen molar-refractivity contribution in [3.05, 3.63) is 70.3 Å². The van der Waals surface area contributed by atoms with Crippen LogP contribution in [0.3, 0.4) is 0 Å². The second-order valence-corrected chi connectivity index (χ2v) is 9.44. The lowest BCUT2D eigenvalue weighted by Crippen LogP contribution is -2.50. The smallest absolute Gasteiger partial charge is 0.269 e. The zero-order valence-corrected chi connectivity index (χ0v) is 17.3. The van der Waals surface area contributed by atoms with Crippen LogP contribution in [0.1, 0.15) is 5.56 Å². The van der Waals surface area contributed by atoms with E-state index in [0.29, 0.717) is 18.8 Å². The largest absolute Gasteiger partial charge is 0.339 e. The van der Waals surface area contributed by atoms with Gasteiger partial charge in [0.25, 0.3) is 5.69 Å². The molecule has 29 heavy (non-hydrogen) atoms. The molecule has 0 unspecified atom stereocenters. The quantitative estimate of drug-likeness (QED) is 0.489. The summed E-state index contributed by atoms with van der Waals surface area (Å²) in [6.07, 6.45) is 0. The summed E-state index contributed by atoms with van der Waals surface area (Å²) in [4.78, 5) is 24.6. The van der Waals surface area contributed by atoms with Gasteiger partial charge >= 0.3 is 0 Å².